The van der Waals surface area contributed by atoms with Gasteiger partial charge in [-0.3, -0.25) is 0 Å². The topological polar surface area (TPSA) is 26.0 Å². The molecule has 5 heteroatoms. The van der Waals surface area contributed by atoms with Gasteiger partial charge in [0.15, 0.2) is 0 Å². The first-order valence-electron chi connectivity index (χ1n) is 3.64. The van der Waals surface area contributed by atoms with E-state index in [2.05, 4.69) is 6.58 Å². The zero-order chi connectivity index (χ0) is 10.9. The van der Waals surface area contributed by atoms with Crippen LogP contribution in [0, 0.1) is 5.82 Å². The molecule has 0 aliphatic carbocycles. The molecule has 0 aliphatic heterocycles. The molecule has 1 aromatic carbocycles. The van der Waals surface area contributed by atoms with E-state index in [1.54, 1.807) is 0 Å². The van der Waals surface area contributed by atoms with Crippen LogP contribution in [-0.2, 0) is 6.18 Å². The van der Waals surface area contributed by atoms with Crippen molar-refractivity contribution in [2.45, 2.75) is 6.18 Å². The van der Waals surface area contributed by atoms with Crippen molar-refractivity contribution in [1.82, 2.24) is 0 Å². The summed E-state index contributed by atoms with van der Waals surface area (Å²) in [6.45, 7) is 3.27. The number of halogens is 4. The van der Waals surface area contributed by atoms with Gasteiger partial charge in [-0.1, -0.05) is 6.58 Å². The van der Waals surface area contributed by atoms with Crippen LogP contribution in [0.4, 0.5) is 17.6 Å². The Morgan fingerprint density at radius 2 is 1.86 bits per heavy atom. The Labute approximate surface area is 77.8 Å². The third kappa shape index (κ3) is 2.04. The summed E-state index contributed by atoms with van der Waals surface area (Å²) in [6.07, 6.45) is -4.71. The Kier molecular flexibility index (Phi) is 2.51. The molecule has 0 aliphatic rings. The van der Waals surface area contributed by atoms with Crippen LogP contribution in [0.15, 0.2) is 24.8 Å². The molecule has 0 aromatic heterocycles. The predicted octanol–water partition coefficient (Wildman–Crippen LogP) is 2.77. The summed E-state index contributed by atoms with van der Waals surface area (Å²) >= 11 is 0. The minimum atomic E-state index is -4.71. The third-order valence-corrected chi connectivity index (χ3v) is 1.64. The van der Waals surface area contributed by atoms with Crippen LogP contribution in [0.5, 0.6) is 0 Å². The van der Waals surface area contributed by atoms with Gasteiger partial charge in [0.1, 0.15) is 5.82 Å². The summed E-state index contributed by atoms with van der Waals surface area (Å²) < 4.78 is 49.3. The van der Waals surface area contributed by atoms with Crippen molar-refractivity contribution in [2.75, 3.05) is 0 Å². The van der Waals surface area contributed by atoms with E-state index in [0.717, 1.165) is 12.1 Å². The monoisotopic (exact) mass is 205 g/mol. The van der Waals surface area contributed by atoms with Crippen LogP contribution in [0.25, 0.3) is 5.70 Å². The van der Waals surface area contributed by atoms with Gasteiger partial charge in [0.25, 0.3) is 0 Å². The molecule has 14 heavy (non-hydrogen) atoms. The second-order valence-corrected chi connectivity index (χ2v) is 2.72. The second-order valence-electron chi connectivity index (χ2n) is 2.72. The van der Waals surface area contributed by atoms with E-state index in [1.165, 1.54) is 0 Å². The highest BCUT2D eigenvalue weighted by Crippen LogP contribution is 2.32. The van der Waals surface area contributed by atoms with Gasteiger partial charge in [0.2, 0.25) is 0 Å². The normalized spacial score (nSPS) is 11.4. The third-order valence-electron chi connectivity index (χ3n) is 1.64. The molecule has 1 rings (SSSR count). The van der Waals surface area contributed by atoms with Gasteiger partial charge in [-0.05, 0) is 23.8 Å². The number of hydrogen-bond acceptors (Lipinski definition) is 1. The smallest absolute Gasteiger partial charge is 0.399 e. The molecule has 0 heterocycles. The molecule has 0 spiro atoms. The minimum Gasteiger partial charge on any atom is -0.399 e. The summed E-state index contributed by atoms with van der Waals surface area (Å²) in [5.74, 6) is -1.32. The summed E-state index contributed by atoms with van der Waals surface area (Å²) in [7, 11) is 0. The number of rotatable bonds is 1. The SMILES string of the molecule is C=C(N)c1ccc(F)c(C(F)(F)F)c1. The standard InChI is InChI=1S/C9H7F4N/c1-5(14)6-2-3-8(10)7(4-6)9(11,12)13/h2-4H,1,14H2. The van der Waals surface area contributed by atoms with E-state index in [0.29, 0.717) is 6.07 Å². The van der Waals surface area contributed by atoms with Crippen LogP contribution < -0.4 is 5.73 Å². The van der Waals surface area contributed by atoms with Gasteiger partial charge in [0.05, 0.1) is 5.56 Å². The maximum absolute atomic E-state index is 12.7. The molecule has 0 fully saturated rings. The largest absolute Gasteiger partial charge is 0.419 e. The first-order chi connectivity index (χ1) is 6.32. The second kappa shape index (κ2) is 3.32. The molecule has 0 bridgehead atoms. The van der Waals surface area contributed by atoms with Crippen LogP contribution in [0.1, 0.15) is 11.1 Å². The van der Waals surface area contributed by atoms with Crippen molar-refractivity contribution >= 4 is 5.70 Å². The summed E-state index contributed by atoms with van der Waals surface area (Å²) in [6, 6.07) is 2.50. The highest BCUT2D eigenvalue weighted by Gasteiger charge is 2.34. The number of benzene rings is 1. The van der Waals surface area contributed by atoms with Gasteiger partial charge in [-0.2, -0.15) is 13.2 Å². The van der Waals surface area contributed by atoms with Gasteiger partial charge >= 0.3 is 6.18 Å². The van der Waals surface area contributed by atoms with Crippen LogP contribution in [0.3, 0.4) is 0 Å². The molecule has 0 amide bonds. The van der Waals surface area contributed by atoms with E-state index >= 15 is 0 Å². The Hall–Kier alpha value is -1.52. The predicted molar refractivity (Wildman–Crippen MR) is 44.6 cm³/mol. The lowest BCUT2D eigenvalue weighted by atomic mass is 10.1. The Balaban J connectivity index is 3.29. The summed E-state index contributed by atoms with van der Waals surface area (Å²) in [4.78, 5) is 0. The molecular formula is C9H7F4N. The molecule has 0 radical (unpaired) electrons. The zero-order valence-corrected chi connectivity index (χ0v) is 7.03. The lowest BCUT2D eigenvalue weighted by Gasteiger charge is -2.09. The lowest BCUT2D eigenvalue weighted by molar-refractivity contribution is -0.140. The van der Waals surface area contributed by atoms with Gasteiger partial charge < -0.3 is 5.73 Å². The van der Waals surface area contributed by atoms with Crippen LogP contribution in [-0.4, -0.2) is 0 Å². The van der Waals surface area contributed by atoms with E-state index in [-0.39, 0.29) is 11.3 Å². The van der Waals surface area contributed by atoms with E-state index in [4.69, 9.17) is 5.73 Å². The molecule has 1 aromatic rings. The molecule has 2 N–H and O–H groups in total. The minimum absolute atomic E-state index is 0.0319. The lowest BCUT2D eigenvalue weighted by Crippen LogP contribution is -2.09. The quantitative estimate of drug-likeness (QED) is 0.701. The Bertz CT molecular complexity index is 368. The molecule has 0 saturated carbocycles. The molecule has 0 atom stereocenters. The zero-order valence-electron chi connectivity index (χ0n) is 7.03. The molecule has 0 unspecified atom stereocenters. The maximum Gasteiger partial charge on any atom is 0.419 e. The molecule has 0 saturated heterocycles. The number of nitrogens with two attached hydrogens (primary N) is 1. The average molecular weight is 205 g/mol. The van der Waals surface area contributed by atoms with Crippen molar-refractivity contribution < 1.29 is 17.6 Å². The van der Waals surface area contributed by atoms with E-state index in [9.17, 15) is 17.6 Å². The van der Waals surface area contributed by atoms with Crippen LogP contribution >= 0.6 is 0 Å². The van der Waals surface area contributed by atoms with Crippen molar-refractivity contribution in [1.29, 1.82) is 0 Å². The molecule has 76 valence electrons. The van der Waals surface area contributed by atoms with Crippen LogP contribution in [0.2, 0.25) is 0 Å². The fourth-order valence-corrected chi connectivity index (χ4v) is 0.942. The van der Waals surface area contributed by atoms with E-state index < -0.39 is 17.6 Å². The fourth-order valence-electron chi connectivity index (χ4n) is 0.942. The molecular weight excluding hydrogens is 198 g/mol. The van der Waals surface area contributed by atoms with E-state index in [1.807, 2.05) is 0 Å². The first kappa shape index (κ1) is 10.6. The van der Waals surface area contributed by atoms with Crippen molar-refractivity contribution in [3.63, 3.8) is 0 Å². The van der Waals surface area contributed by atoms with Crippen molar-refractivity contribution in [2.24, 2.45) is 5.73 Å². The highest BCUT2D eigenvalue weighted by atomic mass is 19.4. The Morgan fingerprint density at radius 3 is 2.29 bits per heavy atom. The summed E-state index contributed by atoms with van der Waals surface area (Å²) in [5, 5.41) is 0. The average Bonchev–Trinajstić information content (AvgIpc) is 2.02. The summed E-state index contributed by atoms with van der Waals surface area (Å²) in [5.41, 5.74) is 3.90. The number of alkyl halides is 3. The first-order valence-corrected chi connectivity index (χ1v) is 3.64. The number of hydrogen-bond donors (Lipinski definition) is 1. The highest BCUT2D eigenvalue weighted by molar-refractivity contribution is 5.61. The van der Waals surface area contributed by atoms with Crippen molar-refractivity contribution in [3.05, 3.63) is 41.7 Å². The van der Waals surface area contributed by atoms with Crippen molar-refractivity contribution in [3.8, 4) is 0 Å². The molecule has 1 nitrogen and oxygen atoms in total. The maximum atomic E-state index is 12.7. The van der Waals surface area contributed by atoms with Gasteiger partial charge in [0, 0.05) is 5.70 Å². The van der Waals surface area contributed by atoms with Gasteiger partial charge in [-0.25, -0.2) is 4.39 Å². The fraction of sp³-hybridized carbons (Fsp3) is 0.111. The Morgan fingerprint density at radius 1 is 1.29 bits per heavy atom. The van der Waals surface area contributed by atoms with Gasteiger partial charge in [-0.15, -0.1) is 0 Å².